The van der Waals surface area contributed by atoms with Crippen LogP contribution < -0.4 is 0 Å². The van der Waals surface area contributed by atoms with E-state index in [4.69, 9.17) is 12.7 Å². The molecule has 0 aliphatic heterocycles. The Morgan fingerprint density at radius 3 is 1.75 bits per heavy atom. The summed E-state index contributed by atoms with van der Waals surface area (Å²) in [4.78, 5) is 0. The molecule has 2 unspecified atom stereocenters. The summed E-state index contributed by atoms with van der Waals surface area (Å²) >= 11 is 0. The molecule has 122 valence electrons. The van der Waals surface area contributed by atoms with Gasteiger partial charge in [-0.3, -0.25) is 0 Å². The number of rotatable bonds is 8. The number of aliphatic hydroxyl groups excluding tert-OH is 1. The minimum atomic E-state index is -4.25. The molecular formula is C10H25F3O4Si3. The lowest BCUT2D eigenvalue weighted by Gasteiger charge is -2.39. The first-order chi connectivity index (χ1) is 8.74. The van der Waals surface area contributed by atoms with E-state index in [1.807, 2.05) is 19.6 Å². The van der Waals surface area contributed by atoms with Crippen LogP contribution in [0.25, 0.3) is 0 Å². The SMILES string of the molecule is CO[Si](C)(CO)O[Si](C)(CCC(F)(F)F)O[Si](C)(C)C. The second-order valence-electron chi connectivity index (χ2n) is 6.06. The van der Waals surface area contributed by atoms with Crippen LogP contribution in [0.5, 0.6) is 0 Å². The summed E-state index contributed by atoms with van der Waals surface area (Å²) in [7, 11) is -6.60. The molecular weight excluding hydrogens is 325 g/mol. The molecule has 0 rings (SSSR count). The van der Waals surface area contributed by atoms with Crippen LogP contribution in [0.2, 0.25) is 38.8 Å². The van der Waals surface area contributed by atoms with Gasteiger partial charge in [0.15, 0.2) is 8.32 Å². The Bertz CT molecular complexity index is 305. The fourth-order valence-corrected chi connectivity index (χ4v) is 13.4. The Hall–Kier alpha value is 0.281. The molecule has 10 heteroatoms. The maximum atomic E-state index is 12.5. The second kappa shape index (κ2) is 7.03. The van der Waals surface area contributed by atoms with Crippen molar-refractivity contribution in [3.8, 4) is 0 Å². The molecule has 4 nitrogen and oxygen atoms in total. The Labute approximate surface area is 121 Å². The molecule has 0 aromatic heterocycles. The van der Waals surface area contributed by atoms with Crippen molar-refractivity contribution in [3.63, 3.8) is 0 Å². The maximum Gasteiger partial charge on any atom is 0.389 e. The Kier molecular flexibility index (Phi) is 7.13. The third-order valence-corrected chi connectivity index (χ3v) is 12.8. The fourth-order valence-electron chi connectivity index (χ4n) is 1.73. The fraction of sp³-hybridized carbons (Fsp3) is 1.00. The minimum Gasteiger partial charge on any atom is -0.437 e. The van der Waals surface area contributed by atoms with Gasteiger partial charge in [0, 0.05) is 13.5 Å². The van der Waals surface area contributed by atoms with Gasteiger partial charge in [-0.2, -0.15) is 13.2 Å². The van der Waals surface area contributed by atoms with Crippen molar-refractivity contribution in [1.82, 2.24) is 0 Å². The summed E-state index contributed by atoms with van der Waals surface area (Å²) in [6, 6.07) is -0.188. The zero-order valence-electron chi connectivity index (χ0n) is 12.9. The second-order valence-corrected chi connectivity index (χ2v) is 17.7. The highest BCUT2D eigenvalue weighted by Gasteiger charge is 2.46. The van der Waals surface area contributed by atoms with E-state index in [0.717, 1.165) is 0 Å². The summed E-state index contributed by atoms with van der Waals surface area (Å²) in [5.74, 6) is 0. The molecule has 1 N–H and O–H groups in total. The molecule has 0 heterocycles. The molecule has 0 aliphatic rings. The average molecular weight is 351 g/mol. The summed E-state index contributed by atoms with van der Waals surface area (Å²) < 4.78 is 54.3. The van der Waals surface area contributed by atoms with Crippen molar-refractivity contribution in [2.24, 2.45) is 0 Å². The molecule has 0 saturated heterocycles. The first-order valence-electron chi connectivity index (χ1n) is 6.37. The van der Waals surface area contributed by atoms with Crippen LogP contribution in [0, 0.1) is 0 Å². The lowest BCUT2D eigenvalue weighted by molar-refractivity contribution is -0.131. The Morgan fingerprint density at radius 1 is 0.950 bits per heavy atom. The van der Waals surface area contributed by atoms with Crippen LogP contribution in [0.3, 0.4) is 0 Å². The highest BCUT2D eigenvalue weighted by atomic mass is 28.5. The quantitative estimate of drug-likeness (QED) is 0.683. The van der Waals surface area contributed by atoms with Crippen molar-refractivity contribution in [3.05, 3.63) is 0 Å². The largest absolute Gasteiger partial charge is 0.437 e. The van der Waals surface area contributed by atoms with Gasteiger partial charge in [-0.15, -0.1) is 0 Å². The maximum absolute atomic E-state index is 12.5. The lowest BCUT2D eigenvalue weighted by Crippen LogP contribution is -2.57. The molecule has 0 aromatic rings. The summed E-state index contributed by atoms with van der Waals surface area (Å²) in [6.07, 6.45) is -5.50. The Morgan fingerprint density at radius 2 is 1.45 bits per heavy atom. The average Bonchev–Trinajstić information content (AvgIpc) is 2.23. The van der Waals surface area contributed by atoms with Crippen molar-refractivity contribution in [2.75, 3.05) is 13.3 Å². The number of aliphatic hydroxyl groups is 1. The van der Waals surface area contributed by atoms with Gasteiger partial charge in [0.25, 0.3) is 0 Å². The molecule has 0 aliphatic carbocycles. The van der Waals surface area contributed by atoms with Gasteiger partial charge < -0.3 is 17.8 Å². The van der Waals surface area contributed by atoms with Gasteiger partial charge in [0.05, 0.1) is 6.23 Å². The zero-order valence-corrected chi connectivity index (χ0v) is 15.9. The van der Waals surface area contributed by atoms with Gasteiger partial charge >= 0.3 is 23.3 Å². The molecule has 2 atom stereocenters. The first-order valence-corrected chi connectivity index (χ1v) is 14.8. The van der Waals surface area contributed by atoms with E-state index in [0.29, 0.717) is 0 Å². The number of hydrogen-bond acceptors (Lipinski definition) is 4. The van der Waals surface area contributed by atoms with Crippen LogP contribution >= 0.6 is 0 Å². The van der Waals surface area contributed by atoms with Gasteiger partial charge in [0.2, 0.25) is 0 Å². The topological polar surface area (TPSA) is 47.9 Å². The first kappa shape index (κ1) is 20.3. The molecule has 0 amide bonds. The van der Waals surface area contributed by atoms with Crippen LogP contribution in [0.4, 0.5) is 13.2 Å². The van der Waals surface area contributed by atoms with Crippen molar-refractivity contribution < 1.29 is 30.9 Å². The molecule has 0 radical (unpaired) electrons. The standard InChI is InChI=1S/C10H25F3O4Si3/c1-15-20(6,9-14)17-19(5,16-18(2,3)4)8-7-10(11,12)13/h14H,7-9H2,1-6H3. The van der Waals surface area contributed by atoms with Gasteiger partial charge in [-0.05, 0) is 38.8 Å². The van der Waals surface area contributed by atoms with Crippen molar-refractivity contribution in [1.29, 1.82) is 0 Å². The molecule has 0 saturated carbocycles. The van der Waals surface area contributed by atoms with E-state index in [-0.39, 0.29) is 12.3 Å². The van der Waals surface area contributed by atoms with E-state index >= 15 is 0 Å². The van der Waals surface area contributed by atoms with Crippen LogP contribution in [0.1, 0.15) is 6.42 Å². The van der Waals surface area contributed by atoms with E-state index in [1.54, 1.807) is 13.1 Å². The van der Waals surface area contributed by atoms with Gasteiger partial charge in [-0.25, -0.2) is 0 Å². The van der Waals surface area contributed by atoms with E-state index < -0.39 is 38.0 Å². The van der Waals surface area contributed by atoms with Gasteiger partial charge in [0.1, 0.15) is 0 Å². The van der Waals surface area contributed by atoms with E-state index in [9.17, 15) is 18.3 Å². The van der Waals surface area contributed by atoms with Crippen LogP contribution in [-0.2, 0) is 12.7 Å². The highest BCUT2D eigenvalue weighted by molar-refractivity contribution is 6.86. The smallest absolute Gasteiger partial charge is 0.389 e. The third kappa shape index (κ3) is 8.54. The normalized spacial score (nSPS) is 19.5. The lowest BCUT2D eigenvalue weighted by atomic mass is 10.5. The van der Waals surface area contributed by atoms with Crippen molar-refractivity contribution >= 4 is 25.4 Å². The number of hydrogen-bond donors (Lipinski definition) is 1. The molecule has 0 bridgehead atoms. The highest BCUT2D eigenvalue weighted by Crippen LogP contribution is 2.31. The van der Waals surface area contributed by atoms with Crippen LogP contribution in [0.15, 0.2) is 0 Å². The molecule has 0 spiro atoms. The molecule has 0 aromatic carbocycles. The summed E-state index contributed by atoms with van der Waals surface area (Å²) in [5.41, 5.74) is 0. The summed E-state index contributed by atoms with van der Waals surface area (Å²) in [5, 5.41) is 9.34. The number of alkyl halides is 3. The predicted octanol–water partition coefficient (Wildman–Crippen LogP) is 3.13. The number of halogens is 3. The molecule has 20 heavy (non-hydrogen) atoms. The minimum absolute atomic E-state index is 0.188. The zero-order chi connectivity index (χ0) is 16.2. The third-order valence-electron chi connectivity index (χ3n) is 2.54. The monoisotopic (exact) mass is 350 g/mol. The molecule has 0 fully saturated rings. The van der Waals surface area contributed by atoms with E-state index in [1.165, 1.54) is 7.11 Å². The van der Waals surface area contributed by atoms with Gasteiger partial charge in [-0.1, -0.05) is 0 Å². The van der Waals surface area contributed by atoms with Crippen LogP contribution in [-0.4, -0.2) is 50.1 Å². The van der Waals surface area contributed by atoms with E-state index in [2.05, 4.69) is 0 Å². The predicted molar refractivity (Wildman–Crippen MR) is 78.3 cm³/mol. The Balaban J connectivity index is 5.05. The van der Waals surface area contributed by atoms with Crippen molar-refractivity contribution in [2.45, 2.75) is 51.4 Å². The summed E-state index contributed by atoms with van der Waals surface area (Å²) in [6.45, 7) is 8.95.